The van der Waals surface area contributed by atoms with Gasteiger partial charge in [0, 0.05) is 26.6 Å². The van der Waals surface area contributed by atoms with Crippen molar-refractivity contribution >= 4 is 17.5 Å². The highest BCUT2D eigenvalue weighted by atomic mass is 16.5. The van der Waals surface area contributed by atoms with Gasteiger partial charge < -0.3 is 14.5 Å². The monoisotopic (exact) mass is 352 g/mol. The first-order chi connectivity index (χ1) is 12.5. The molecule has 1 atom stereocenters. The normalized spacial score (nSPS) is 16.0. The molecule has 1 aliphatic rings. The zero-order valence-corrected chi connectivity index (χ0v) is 15.4. The summed E-state index contributed by atoms with van der Waals surface area (Å²) in [5, 5.41) is 0. The van der Waals surface area contributed by atoms with Crippen LogP contribution in [-0.2, 0) is 16.1 Å². The molecule has 0 aromatic heterocycles. The molecule has 5 nitrogen and oxygen atoms in total. The summed E-state index contributed by atoms with van der Waals surface area (Å²) in [6.45, 7) is 4.69. The molecule has 0 unspecified atom stereocenters. The molecule has 0 bridgehead atoms. The average Bonchev–Trinajstić information content (AvgIpc) is 2.63. The van der Waals surface area contributed by atoms with Gasteiger partial charge in [-0.25, -0.2) is 0 Å². The topological polar surface area (TPSA) is 49.9 Å². The number of rotatable bonds is 5. The fourth-order valence-corrected chi connectivity index (χ4v) is 3.12. The van der Waals surface area contributed by atoms with E-state index in [1.54, 1.807) is 23.8 Å². The average molecular weight is 352 g/mol. The van der Waals surface area contributed by atoms with Crippen LogP contribution in [0.15, 0.2) is 48.5 Å². The van der Waals surface area contributed by atoms with Crippen LogP contribution in [0.4, 0.5) is 5.69 Å². The first kappa shape index (κ1) is 18.0. The van der Waals surface area contributed by atoms with E-state index in [-0.39, 0.29) is 18.2 Å². The van der Waals surface area contributed by atoms with Crippen LogP contribution in [0.3, 0.4) is 0 Å². The van der Waals surface area contributed by atoms with Crippen molar-refractivity contribution in [3.63, 3.8) is 0 Å². The van der Waals surface area contributed by atoms with Crippen LogP contribution in [0.5, 0.6) is 5.75 Å². The number of hydrogen-bond donors (Lipinski definition) is 0. The van der Waals surface area contributed by atoms with Gasteiger partial charge in [0.05, 0.1) is 5.69 Å². The molecule has 136 valence electrons. The van der Waals surface area contributed by atoms with Crippen molar-refractivity contribution in [1.82, 2.24) is 4.90 Å². The molecule has 5 heteroatoms. The minimum absolute atomic E-state index is 0.0117. The molecule has 0 fully saturated rings. The lowest BCUT2D eigenvalue weighted by atomic mass is 10.1. The van der Waals surface area contributed by atoms with E-state index in [1.807, 2.05) is 55.5 Å². The molecule has 0 saturated heterocycles. The summed E-state index contributed by atoms with van der Waals surface area (Å²) in [6.07, 6.45) is -0.264. The maximum absolute atomic E-state index is 12.6. The molecule has 1 aliphatic heterocycles. The van der Waals surface area contributed by atoms with E-state index in [0.29, 0.717) is 18.8 Å². The van der Waals surface area contributed by atoms with Crippen molar-refractivity contribution in [2.45, 2.75) is 32.9 Å². The number of hydrogen-bond acceptors (Lipinski definition) is 3. The summed E-state index contributed by atoms with van der Waals surface area (Å²) in [4.78, 5) is 28.4. The Labute approximate surface area is 154 Å². The second-order valence-corrected chi connectivity index (χ2v) is 6.64. The highest BCUT2D eigenvalue weighted by Crippen LogP contribution is 2.33. The number of fused-ring (bicyclic) bond motifs is 1. The molecule has 0 radical (unpaired) electrons. The van der Waals surface area contributed by atoms with Crippen LogP contribution in [0.1, 0.15) is 24.5 Å². The van der Waals surface area contributed by atoms with E-state index >= 15 is 0 Å². The Bertz CT molecular complexity index is 818. The fraction of sp³-hybridized carbons (Fsp3) is 0.333. The van der Waals surface area contributed by atoms with E-state index in [1.165, 1.54) is 5.56 Å². The molecule has 0 spiro atoms. The molecular weight excluding hydrogens is 328 g/mol. The van der Waals surface area contributed by atoms with Gasteiger partial charge in [-0.05, 0) is 37.1 Å². The van der Waals surface area contributed by atoms with Crippen LogP contribution < -0.4 is 9.64 Å². The van der Waals surface area contributed by atoms with Crippen molar-refractivity contribution in [3.8, 4) is 5.75 Å². The summed E-state index contributed by atoms with van der Waals surface area (Å²) in [7, 11) is 1.80. The van der Waals surface area contributed by atoms with Crippen LogP contribution in [0.25, 0.3) is 0 Å². The van der Waals surface area contributed by atoms with Crippen molar-refractivity contribution in [2.75, 3.05) is 18.5 Å². The number of ether oxygens (including phenoxy) is 1. The summed E-state index contributed by atoms with van der Waals surface area (Å²) in [6, 6.07) is 15.5. The zero-order valence-electron chi connectivity index (χ0n) is 15.4. The number of carbonyl (C=O) groups excluding carboxylic acids is 2. The molecule has 0 N–H and O–H groups in total. The van der Waals surface area contributed by atoms with Gasteiger partial charge >= 0.3 is 0 Å². The summed E-state index contributed by atoms with van der Waals surface area (Å²) in [5.41, 5.74) is 3.02. The molecule has 3 rings (SSSR count). The van der Waals surface area contributed by atoms with E-state index in [4.69, 9.17) is 4.74 Å². The Balaban J connectivity index is 1.65. The summed E-state index contributed by atoms with van der Waals surface area (Å²) in [5.74, 6) is 0.580. The second kappa shape index (κ2) is 7.60. The lowest BCUT2D eigenvalue weighted by molar-refractivity contribution is -0.130. The standard InChI is InChI=1S/C21H24N2O3/c1-15-8-4-5-9-17(15)14-22(3)20(24)12-13-23-18-10-6-7-11-19(18)26-16(2)21(23)25/h4-11,16H,12-14H2,1-3H3/t16-/m1/s1. The van der Waals surface area contributed by atoms with E-state index in [0.717, 1.165) is 11.3 Å². The first-order valence-corrected chi connectivity index (χ1v) is 8.83. The Hall–Kier alpha value is -2.82. The highest BCUT2D eigenvalue weighted by Gasteiger charge is 2.31. The van der Waals surface area contributed by atoms with Crippen molar-refractivity contribution in [1.29, 1.82) is 0 Å². The Kier molecular flexibility index (Phi) is 5.26. The quantitative estimate of drug-likeness (QED) is 0.830. The van der Waals surface area contributed by atoms with Crippen molar-refractivity contribution in [3.05, 3.63) is 59.7 Å². The Morgan fingerprint density at radius 2 is 1.85 bits per heavy atom. The van der Waals surface area contributed by atoms with Gasteiger partial charge in [0.15, 0.2) is 6.10 Å². The maximum Gasteiger partial charge on any atom is 0.267 e. The first-order valence-electron chi connectivity index (χ1n) is 8.83. The van der Waals surface area contributed by atoms with Gasteiger partial charge in [-0.3, -0.25) is 9.59 Å². The largest absolute Gasteiger partial charge is 0.479 e. The molecular formula is C21H24N2O3. The minimum atomic E-state index is -0.537. The van der Waals surface area contributed by atoms with E-state index in [9.17, 15) is 9.59 Å². The molecule has 2 aromatic rings. The summed E-state index contributed by atoms with van der Waals surface area (Å²) < 4.78 is 5.63. The fourth-order valence-electron chi connectivity index (χ4n) is 3.12. The lowest BCUT2D eigenvalue weighted by Crippen LogP contribution is -2.45. The molecule has 2 aromatic carbocycles. The van der Waals surface area contributed by atoms with Gasteiger partial charge in [-0.2, -0.15) is 0 Å². The predicted molar refractivity (Wildman–Crippen MR) is 101 cm³/mol. The van der Waals surface area contributed by atoms with Gasteiger partial charge in [0.2, 0.25) is 5.91 Å². The SMILES string of the molecule is Cc1ccccc1CN(C)C(=O)CCN1C(=O)[C@@H](C)Oc2ccccc21. The molecule has 1 heterocycles. The number of carbonyl (C=O) groups is 2. The van der Waals surface area contributed by atoms with Crippen LogP contribution in [-0.4, -0.2) is 36.4 Å². The van der Waals surface area contributed by atoms with Crippen molar-refractivity contribution in [2.24, 2.45) is 0 Å². The second-order valence-electron chi connectivity index (χ2n) is 6.64. The number of benzene rings is 2. The van der Waals surface area contributed by atoms with E-state index < -0.39 is 6.10 Å². The predicted octanol–water partition coefficient (Wildman–Crippen LogP) is 3.16. The third-order valence-corrected chi connectivity index (χ3v) is 4.72. The van der Waals surface area contributed by atoms with Crippen LogP contribution in [0, 0.1) is 6.92 Å². The smallest absolute Gasteiger partial charge is 0.267 e. The third-order valence-electron chi connectivity index (χ3n) is 4.72. The minimum Gasteiger partial charge on any atom is -0.479 e. The maximum atomic E-state index is 12.6. The van der Waals surface area contributed by atoms with Gasteiger partial charge in [-0.1, -0.05) is 36.4 Å². The van der Waals surface area contributed by atoms with Gasteiger partial charge in [0.1, 0.15) is 5.75 Å². The molecule has 0 aliphatic carbocycles. The number of anilines is 1. The van der Waals surface area contributed by atoms with E-state index in [2.05, 4.69) is 0 Å². The zero-order chi connectivity index (χ0) is 18.7. The number of para-hydroxylation sites is 2. The van der Waals surface area contributed by atoms with Gasteiger partial charge in [-0.15, -0.1) is 0 Å². The number of aryl methyl sites for hydroxylation is 1. The van der Waals surface area contributed by atoms with Gasteiger partial charge in [0.25, 0.3) is 5.91 Å². The Morgan fingerprint density at radius 3 is 2.62 bits per heavy atom. The van der Waals surface area contributed by atoms with Crippen LogP contribution >= 0.6 is 0 Å². The Morgan fingerprint density at radius 1 is 1.15 bits per heavy atom. The molecule has 26 heavy (non-hydrogen) atoms. The molecule has 2 amide bonds. The summed E-state index contributed by atoms with van der Waals surface area (Å²) >= 11 is 0. The van der Waals surface area contributed by atoms with Crippen LogP contribution in [0.2, 0.25) is 0 Å². The third kappa shape index (κ3) is 3.72. The van der Waals surface area contributed by atoms with Crippen molar-refractivity contribution < 1.29 is 14.3 Å². The number of amides is 2. The number of nitrogens with zero attached hydrogens (tertiary/aromatic N) is 2. The molecule has 0 saturated carbocycles. The lowest BCUT2D eigenvalue weighted by Gasteiger charge is -2.33. The highest BCUT2D eigenvalue weighted by molar-refractivity contribution is 6.00.